The Balaban J connectivity index is 2.21. The van der Waals surface area contributed by atoms with Crippen LogP contribution in [-0.2, 0) is 23.8 Å². The highest BCUT2D eigenvalue weighted by atomic mass is 16.6. The van der Waals surface area contributed by atoms with Gasteiger partial charge in [-0.1, -0.05) is 42.5 Å². The monoisotopic (exact) mass is 366 g/mol. The molecular formula is C21H18O6. The summed E-state index contributed by atoms with van der Waals surface area (Å²) in [4.78, 5) is 25.0. The summed E-state index contributed by atoms with van der Waals surface area (Å²) in [5.41, 5.74) is 1.49. The second-order valence-electron chi connectivity index (χ2n) is 5.59. The lowest BCUT2D eigenvalue weighted by atomic mass is 10.0. The Labute approximate surface area is 156 Å². The Bertz CT molecular complexity index is 923. The first kappa shape index (κ1) is 18.3. The SMILES string of the molecule is COC(=O)/C(=C1/OC(=O)C(c2ccc(OC)cc2)=C1OC)c1ccccc1. The smallest absolute Gasteiger partial charge is 0.348 e. The van der Waals surface area contributed by atoms with Gasteiger partial charge in [0, 0.05) is 0 Å². The molecule has 0 radical (unpaired) electrons. The number of benzene rings is 2. The van der Waals surface area contributed by atoms with Crippen molar-refractivity contribution < 1.29 is 28.5 Å². The molecule has 0 saturated heterocycles. The summed E-state index contributed by atoms with van der Waals surface area (Å²) >= 11 is 0. The Morgan fingerprint density at radius 2 is 1.56 bits per heavy atom. The Kier molecular flexibility index (Phi) is 5.26. The minimum atomic E-state index is -0.630. The molecular weight excluding hydrogens is 348 g/mol. The normalized spacial score (nSPS) is 15.3. The van der Waals surface area contributed by atoms with Crippen molar-refractivity contribution >= 4 is 23.1 Å². The molecule has 27 heavy (non-hydrogen) atoms. The zero-order chi connectivity index (χ0) is 19.4. The lowest BCUT2D eigenvalue weighted by Crippen LogP contribution is -2.09. The van der Waals surface area contributed by atoms with Crippen LogP contribution in [0.2, 0.25) is 0 Å². The lowest BCUT2D eigenvalue weighted by molar-refractivity contribution is -0.134. The van der Waals surface area contributed by atoms with Gasteiger partial charge in [-0.2, -0.15) is 0 Å². The molecule has 6 heteroatoms. The molecule has 0 bridgehead atoms. The van der Waals surface area contributed by atoms with Gasteiger partial charge in [-0.3, -0.25) is 0 Å². The average Bonchev–Trinajstić information content (AvgIpc) is 3.04. The highest BCUT2D eigenvalue weighted by Gasteiger charge is 2.37. The van der Waals surface area contributed by atoms with E-state index in [0.29, 0.717) is 16.9 Å². The maximum Gasteiger partial charge on any atom is 0.348 e. The molecule has 1 heterocycles. The van der Waals surface area contributed by atoms with Crippen molar-refractivity contribution in [3.8, 4) is 5.75 Å². The van der Waals surface area contributed by atoms with Crippen LogP contribution in [0, 0.1) is 0 Å². The van der Waals surface area contributed by atoms with E-state index in [0.717, 1.165) is 0 Å². The van der Waals surface area contributed by atoms with E-state index in [1.54, 1.807) is 55.6 Å². The number of rotatable bonds is 5. The molecule has 138 valence electrons. The number of hydrogen-bond donors (Lipinski definition) is 0. The second-order valence-corrected chi connectivity index (χ2v) is 5.59. The van der Waals surface area contributed by atoms with E-state index in [2.05, 4.69) is 0 Å². The molecule has 2 aromatic carbocycles. The highest BCUT2D eigenvalue weighted by molar-refractivity contribution is 6.25. The van der Waals surface area contributed by atoms with E-state index >= 15 is 0 Å². The number of ether oxygens (including phenoxy) is 4. The fourth-order valence-electron chi connectivity index (χ4n) is 2.81. The maximum absolute atomic E-state index is 12.6. The van der Waals surface area contributed by atoms with Crippen LogP contribution in [0.5, 0.6) is 5.75 Å². The summed E-state index contributed by atoms with van der Waals surface area (Å²) < 4.78 is 20.9. The van der Waals surface area contributed by atoms with Crippen molar-refractivity contribution in [2.24, 2.45) is 0 Å². The number of methoxy groups -OCH3 is 3. The molecule has 3 rings (SSSR count). The van der Waals surface area contributed by atoms with E-state index in [1.807, 2.05) is 6.07 Å². The van der Waals surface area contributed by atoms with Crippen LogP contribution in [0.3, 0.4) is 0 Å². The van der Waals surface area contributed by atoms with E-state index in [9.17, 15) is 9.59 Å². The highest BCUT2D eigenvalue weighted by Crippen LogP contribution is 2.38. The molecule has 0 N–H and O–H groups in total. The Hall–Kier alpha value is -3.54. The van der Waals surface area contributed by atoms with Crippen LogP contribution in [0.4, 0.5) is 0 Å². The quantitative estimate of drug-likeness (QED) is 0.598. The van der Waals surface area contributed by atoms with Gasteiger partial charge in [-0.05, 0) is 23.3 Å². The molecule has 1 aliphatic rings. The van der Waals surface area contributed by atoms with Gasteiger partial charge in [0.2, 0.25) is 0 Å². The summed E-state index contributed by atoms with van der Waals surface area (Å²) in [5, 5.41) is 0. The summed E-state index contributed by atoms with van der Waals surface area (Å²) in [6, 6.07) is 15.7. The second kappa shape index (κ2) is 7.78. The molecule has 0 spiro atoms. The topological polar surface area (TPSA) is 71.1 Å². The first-order valence-electron chi connectivity index (χ1n) is 8.14. The zero-order valence-electron chi connectivity index (χ0n) is 15.1. The predicted molar refractivity (Wildman–Crippen MR) is 98.4 cm³/mol. The summed E-state index contributed by atoms with van der Waals surface area (Å²) in [6.07, 6.45) is 0. The molecule has 0 saturated carbocycles. The first-order chi connectivity index (χ1) is 13.1. The van der Waals surface area contributed by atoms with Crippen molar-refractivity contribution in [1.29, 1.82) is 0 Å². The van der Waals surface area contributed by atoms with Crippen molar-refractivity contribution in [2.75, 3.05) is 21.3 Å². The fourth-order valence-corrected chi connectivity index (χ4v) is 2.81. The van der Waals surface area contributed by atoms with Crippen molar-refractivity contribution in [2.45, 2.75) is 0 Å². The van der Waals surface area contributed by atoms with Gasteiger partial charge < -0.3 is 18.9 Å². The van der Waals surface area contributed by atoms with Crippen molar-refractivity contribution in [1.82, 2.24) is 0 Å². The number of hydrogen-bond acceptors (Lipinski definition) is 6. The maximum atomic E-state index is 12.6. The standard InChI is InChI=1S/C21H18O6/c1-24-15-11-9-14(10-12-15)16-18(25-2)19(27-21(16)23)17(20(22)26-3)13-7-5-4-6-8-13/h4-12H,1-3H3/b19-17+. The molecule has 0 aromatic heterocycles. The minimum absolute atomic E-state index is 0.0337. The fraction of sp³-hybridized carbons (Fsp3) is 0.143. The molecule has 0 aliphatic carbocycles. The van der Waals surface area contributed by atoms with E-state index < -0.39 is 11.9 Å². The van der Waals surface area contributed by atoms with Gasteiger partial charge in [0.05, 0.1) is 21.3 Å². The van der Waals surface area contributed by atoms with Gasteiger partial charge in [0.15, 0.2) is 11.5 Å². The first-order valence-corrected chi connectivity index (χ1v) is 8.14. The van der Waals surface area contributed by atoms with Crippen molar-refractivity contribution in [3.05, 3.63) is 77.2 Å². The molecule has 2 aromatic rings. The molecule has 6 nitrogen and oxygen atoms in total. The third kappa shape index (κ3) is 3.42. The number of carbonyl (C=O) groups excluding carboxylic acids is 2. The predicted octanol–water partition coefficient (Wildman–Crippen LogP) is 3.19. The van der Waals surface area contributed by atoms with Gasteiger partial charge in [-0.25, -0.2) is 9.59 Å². The third-order valence-electron chi connectivity index (χ3n) is 4.09. The molecule has 0 amide bonds. The Morgan fingerprint density at radius 3 is 2.11 bits per heavy atom. The van der Waals surface area contributed by atoms with Crippen molar-refractivity contribution in [3.63, 3.8) is 0 Å². The van der Waals surface area contributed by atoms with Gasteiger partial charge >= 0.3 is 11.9 Å². The lowest BCUT2D eigenvalue weighted by Gasteiger charge is -2.11. The van der Waals surface area contributed by atoms with Crippen LogP contribution in [-0.4, -0.2) is 33.3 Å². The number of esters is 2. The van der Waals surface area contributed by atoms with Crippen LogP contribution in [0.15, 0.2) is 66.1 Å². The van der Waals surface area contributed by atoms with E-state index in [-0.39, 0.29) is 22.7 Å². The molecule has 0 atom stereocenters. The Morgan fingerprint density at radius 1 is 0.889 bits per heavy atom. The minimum Gasteiger partial charge on any atom is -0.497 e. The van der Waals surface area contributed by atoms with E-state index in [4.69, 9.17) is 18.9 Å². The van der Waals surface area contributed by atoms with Crippen LogP contribution >= 0.6 is 0 Å². The van der Waals surface area contributed by atoms with Gasteiger partial charge in [0.1, 0.15) is 16.9 Å². The van der Waals surface area contributed by atoms with Gasteiger partial charge in [-0.15, -0.1) is 0 Å². The number of cyclic esters (lactones) is 1. The molecule has 1 aliphatic heterocycles. The summed E-state index contributed by atoms with van der Waals surface area (Å²) in [6.45, 7) is 0. The van der Waals surface area contributed by atoms with Crippen LogP contribution in [0.1, 0.15) is 11.1 Å². The third-order valence-corrected chi connectivity index (χ3v) is 4.09. The zero-order valence-corrected chi connectivity index (χ0v) is 15.1. The largest absolute Gasteiger partial charge is 0.497 e. The van der Waals surface area contributed by atoms with Gasteiger partial charge in [0.25, 0.3) is 0 Å². The number of carbonyl (C=O) groups is 2. The van der Waals surface area contributed by atoms with Crippen LogP contribution < -0.4 is 4.74 Å². The molecule has 0 unspecified atom stereocenters. The summed E-state index contributed by atoms with van der Waals surface area (Å²) in [7, 11) is 4.24. The van der Waals surface area contributed by atoms with E-state index in [1.165, 1.54) is 14.2 Å². The van der Waals surface area contributed by atoms with Crippen LogP contribution in [0.25, 0.3) is 11.1 Å². The molecule has 0 fully saturated rings. The average molecular weight is 366 g/mol. The summed E-state index contributed by atoms with van der Waals surface area (Å²) in [5.74, 6) is -0.375.